The molecule has 0 saturated heterocycles. The van der Waals surface area contributed by atoms with Crippen LogP contribution in [0.1, 0.15) is 42.8 Å². The first-order valence-electron chi connectivity index (χ1n) is 8.33. The summed E-state index contributed by atoms with van der Waals surface area (Å²) in [6.45, 7) is 0.749. The second-order valence-corrected chi connectivity index (χ2v) is 6.16. The van der Waals surface area contributed by atoms with Gasteiger partial charge in [0.2, 0.25) is 0 Å². The maximum Gasteiger partial charge on any atom is 0.257 e. The lowest BCUT2D eigenvalue weighted by molar-refractivity contribution is 0.559. The standard InChI is InChI=1S/C18H20N4O/c23-18-14-9-4-5-10-15(14)19-17-16(11-6-12-22(17)18)21-20-13-7-2-1-3-8-13/h1-3,7-8,20H,4-6,9-12H2. The monoisotopic (exact) mass is 308 g/mol. The van der Waals surface area contributed by atoms with Crippen LogP contribution in [0.5, 0.6) is 0 Å². The highest BCUT2D eigenvalue weighted by molar-refractivity contribution is 5.98. The molecule has 23 heavy (non-hydrogen) atoms. The van der Waals surface area contributed by atoms with Gasteiger partial charge < -0.3 is 0 Å². The summed E-state index contributed by atoms with van der Waals surface area (Å²) in [4.78, 5) is 17.5. The third-order valence-electron chi connectivity index (χ3n) is 4.59. The number of aryl methyl sites for hydroxylation is 1. The van der Waals surface area contributed by atoms with E-state index < -0.39 is 0 Å². The molecule has 2 aliphatic rings. The van der Waals surface area contributed by atoms with Crippen molar-refractivity contribution in [1.82, 2.24) is 9.55 Å². The van der Waals surface area contributed by atoms with Crippen LogP contribution < -0.4 is 11.0 Å². The van der Waals surface area contributed by atoms with E-state index in [9.17, 15) is 4.79 Å². The Morgan fingerprint density at radius 3 is 2.74 bits per heavy atom. The van der Waals surface area contributed by atoms with Gasteiger partial charge in [-0.2, -0.15) is 5.10 Å². The molecular weight excluding hydrogens is 288 g/mol. The van der Waals surface area contributed by atoms with Gasteiger partial charge in [0.15, 0.2) is 5.82 Å². The second kappa shape index (κ2) is 5.99. The van der Waals surface area contributed by atoms with Gasteiger partial charge in [0.1, 0.15) is 5.71 Å². The highest BCUT2D eigenvalue weighted by Gasteiger charge is 2.24. The van der Waals surface area contributed by atoms with Gasteiger partial charge >= 0.3 is 0 Å². The van der Waals surface area contributed by atoms with Crippen LogP contribution in [0, 0.1) is 0 Å². The molecule has 0 amide bonds. The summed E-state index contributed by atoms with van der Waals surface area (Å²) in [5, 5.41) is 4.53. The highest BCUT2D eigenvalue weighted by atomic mass is 16.1. The normalized spacial score (nSPS) is 18.3. The van der Waals surface area contributed by atoms with E-state index in [1.807, 2.05) is 34.9 Å². The molecule has 0 spiro atoms. The van der Waals surface area contributed by atoms with Crippen molar-refractivity contribution in [2.24, 2.45) is 5.10 Å². The Kier molecular flexibility index (Phi) is 3.69. The molecule has 0 fully saturated rings. The first-order chi connectivity index (χ1) is 11.3. The van der Waals surface area contributed by atoms with Crippen molar-refractivity contribution in [3.05, 3.63) is 57.8 Å². The maximum absolute atomic E-state index is 12.7. The molecule has 0 saturated carbocycles. The zero-order chi connectivity index (χ0) is 15.6. The lowest BCUT2D eigenvalue weighted by Gasteiger charge is -2.23. The quantitative estimate of drug-likeness (QED) is 0.868. The van der Waals surface area contributed by atoms with E-state index in [4.69, 9.17) is 4.98 Å². The molecule has 5 heteroatoms. The van der Waals surface area contributed by atoms with E-state index in [0.717, 1.165) is 73.6 Å². The highest BCUT2D eigenvalue weighted by Crippen LogP contribution is 2.20. The number of hydrogen-bond acceptors (Lipinski definition) is 4. The van der Waals surface area contributed by atoms with Crippen LogP contribution >= 0.6 is 0 Å². The molecule has 1 aliphatic heterocycles. The summed E-state index contributed by atoms with van der Waals surface area (Å²) < 4.78 is 1.82. The van der Waals surface area contributed by atoms with E-state index in [2.05, 4.69) is 10.5 Å². The number of hydrazone groups is 1. The predicted octanol–water partition coefficient (Wildman–Crippen LogP) is 2.73. The summed E-state index contributed by atoms with van der Waals surface area (Å²) in [5.41, 5.74) is 6.98. The molecule has 0 atom stereocenters. The molecule has 118 valence electrons. The van der Waals surface area contributed by atoms with Crippen LogP contribution in [0.15, 0.2) is 40.2 Å². The second-order valence-electron chi connectivity index (χ2n) is 6.16. The molecule has 2 heterocycles. The molecule has 0 unspecified atom stereocenters. The molecule has 5 nitrogen and oxygen atoms in total. The van der Waals surface area contributed by atoms with Gasteiger partial charge in [0, 0.05) is 12.1 Å². The van der Waals surface area contributed by atoms with Crippen molar-refractivity contribution < 1.29 is 0 Å². The lowest BCUT2D eigenvalue weighted by atomic mass is 9.96. The fourth-order valence-electron chi connectivity index (χ4n) is 3.39. The Bertz CT molecular complexity index is 808. The number of benzene rings is 1. The molecule has 1 aromatic carbocycles. The van der Waals surface area contributed by atoms with Crippen LogP contribution in [-0.2, 0) is 19.4 Å². The molecule has 1 aromatic heterocycles. The fourth-order valence-corrected chi connectivity index (χ4v) is 3.39. The Morgan fingerprint density at radius 2 is 1.87 bits per heavy atom. The summed E-state index contributed by atoms with van der Waals surface area (Å²) in [7, 11) is 0. The number of anilines is 1. The Hall–Kier alpha value is -2.43. The van der Waals surface area contributed by atoms with Gasteiger partial charge in [0.05, 0.1) is 11.4 Å². The third-order valence-corrected chi connectivity index (χ3v) is 4.59. The largest absolute Gasteiger partial charge is 0.291 e. The molecule has 1 aliphatic carbocycles. The van der Waals surface area contributed by atoms with Crippen molar-refractivity contribution in [2.45, 2.75) is 45.1 Å². The maximum atomic E-state index is 12.7. The van der Waals surface area contributed by atoms with Crippen LogP contribution in [-0.4, -0.2) is 15.3 Å². The van der Waals surface area contributed by atoms with Crippen molar-refractivity contribution >= 4 is 11.4 Å². The summed E-state index contributed by atoms with van der Waals surface area (Å²) >= 11 is 0. The van der Waals surface area contributed by atoms with Gasteiger partial charge in [-0.25, -0.2) is 4.98 Å². The Labute approximate surface area is 135 Å². The topological polar surface area (TPSA) is 59.3 Å². The Balaban J connectivity index is 1.73. The lowest BCUT2D eigenvalue weighted by Crippen LogP contribution is -2.36. The first kappa shape index (κ1) is 14.2. The number of para-hydroxylation sites is 1. The van der Waals surface area contributed by atoms with Gasteiger partial charge in [-0.15, -0.1) is 0 Å². The van der Waals surface area contributed by atoms with Gasteiger partial charge in [0.25, 0.3) is 5.56 Å². The zero-order valence-electron chi connectivity index (χ0n) is 13.1. The number of fused-ring (bicyclic) bond motifs is 2. The van der Waals surface area contributed by atoms with E-state index in [1.165, 1.54) is 0 Å². The average molecular weight is 308 g/mol. The molecule has 1 N–H and O–H groups in total. The molecule has 2 aromatic rings. The molecule has 0 radical (unpaired) electrons. The van der Waals surface area contributed by atoms with Crippen LogP contribution in [0.25, 0.3) is 0 Å². The molecule has 4 rings (SSSR count). The number of nitrogens with zero attached hydrogens (tertiary/aromatic N) is 3. The Morgan fingerprint density at radius 1 is 1.04 bits per heavy atom. The van der Waals surface area contributed by atoms with E-state index >= 15 is 0 Å². The van der Waals surface area contributed by atoms with E-state index in [0.29, 0.717) is 0 Å². The van der Waals surface area contributed by atoms with E-state index in [1.54, 1.807) is 0 Å². The van der Waals surface area contributed by atoms with Crippen LogP contribution in [0.4, 0.5) is 5.69 Å². The van der Waals surface area contributed by atoms with Crippen molar-refractivity contribution in [2.75, 3.05) is 5.43 Å². The molecule has 0 bridgehead atoms. The van der Waals surface area contributed by atoms with Crippen molar-refractivity contribution in [3.8, 4) is 0 Å². The van der Waals surface area contributed by atoms with Crippen molar-refractivity contribution in [3.63, 3.8) is 0 Å². The van der Waals surface area contributed by atoms with Crippen LogP contribution in [0.3, 0.4) is 0 Å². The van der Waals surface area contributed by atoms with Gasteiger partial charge in [-0.1, -0.05) is 18.2 Å². The third kappa shape index (κ3) is 2.67. The minimum atomic E-state index is 0.150. The number of aromatic nitrogens is 2. The van der Waals surface area contributed by atoms with Gasteiger partial charge in [-0.05, 0) is 50.7 Å². The summed E-state index contributed by atoms with van der Waals surface area (Å²) in [6.07, 6.45) is 5.79. The first-order valence-corrected chi connectivity index (χ1v) is 8.33. The van der Waals surface area contributed by atoms with Crippen molar-refractivity contribution in [1.29, 1.82) is 0 Å². The fraction of sp³-hybridized carbons (Fsp3) is 0.389. The summed E-state index contributed by atoms with van der Waals surface area (Å²) in [5.74, 6) is 0.755. The zero-order valence-corrected chi connectivity index (χ0v) is 13.1. The number of hydrogen-bond donors (Lipinski definition) is 1. The smallest absolute Gasteiger partial charge is 0.257 e. The van der Waals surface area contributed by atoms with E-state index in [-0.39, 0.29) is 5.56 Å². The minimum Gasteiger partial charge on any atom is -0.291 e. The molecular formula is C18H20N4O. The SMILES string of the molecule is O=c1c2c(nc3n1CCCC3=NNc1ccccc1)CCCC2. The van der Waals surface area contributed by atoms with Crippen LogP contribution in [0.2, 0.25) is 0 Å². The average Bonchev–Trinajstić information content (AvgIpc) is 2.61. The number of nitrogens with one attached hydrogen (secondary N) is 1. The predicted molar refractivity (Wildman–Crippen MR) is 91.0 cm³/mol. The van der Waals surface area contributed by atoms with Gasteiger partial charge in [-0.3, -0.25) is 14.8 Å². The number of rotatable bonds is 2. The summed E-state index contributed by atoms with van der Waals surface area (Å²) in [6, 6.07) is 9.86. The minimum absolute atomic E-state index is 0.150.